The first-order valence-corrected chi connectivity index (χ1v) is 7.73. The molecule has 0 unspecified atom stereocenters. The van der Waals surface area contributed by atoms with Crippen LogP contribution < -0.4 is 5.73 Å². The van der Waals surface area contributed by atoms with Gasteiger partial charge in [-0.25, -0.2) is 8.42 Å². The molecule has 0 heterocycles. The zero-order valence-corrected chi connectivity index (χ0v) is 11.9. The van der Waals surface area contributed by atoms with Gasteiger partial charge < -0.3 is 5.73 Å². The number of nitrogen functional groups attached to an aromatic ring is 1. The predicted octanol–water partition coefficient (Wildman–Crippen LogP) is 2.77. The number of benzene rings is 2. The summed E-state index contributed by atoms with van der Waals surface area (Å²) in [5, 5.41) is 9.18. The number of hydrogen-bond donors (Lipinski definition) is 1. The Bertz CT molecular complexity index is 795. The topological polar surface area (TPSA) is 84.0 Å². The Balaban J connectivity index is 2.41. The number of sulfone groups is 1. The summed E-state index contributed by atoms with van der Waals surface area (Å²) in [6.07, 6.45) is 0. The van der Waals surface area contributed by atoms with Gasteiger partial charge in [0, 0.05) is 0 Å². The lowest BCUT2D eigenvalue weighted by molar-refractivity contribution is 0.595. The summed E-state index contributed by atoms with van der Waals surface area (Å²) in [5.74, 6) is -0.253. The molecule has 102 valence electrons. The van der Waals surface area contributed by atoms with E-state index in [2.05, 4.69) is 0 Å². The molecule has 0 bridgehead atoms. The van der Waals surface area contributed by atoms with E-state index in [1.807, 2.05) is 6.07 Å². The number of rotatable bonds is 3. The Labute approximate surface area is 122 Å². The van der Waals surface area contributed by atoms with Gasteiger partial charge in [0.2, 0.25) is 0 Å². The fourth-order valence-corrected chi connectivity index (χ4v) is 3.39. The highest BCUT2D eigenvalue weighted by atomic mass is 35.5. The Morgan fingerprint density at radius 1 is 1.20 bits per heavy atom. The number of halogens is 1. The molecule has 2 aromatic rings. The van der Waals surface area contributed by atoms with Crippen molar-refractivity contribution >= 4 is 27.1 Å². The van der Waals surface area contributed by atoms with Crippen molar-refractivity contribution in [3.05, 3.63) is 58.6 Å². The second-order valence-electron chi connectivity index (χ2n) is 4.21. The standard InChI is InChI=1S/C14H11ClN2O2S/c15-13-7-12(5-6-14(13)17)20(18,19)9-11-4-2-1-3-10(11)8-16/h1-7H,9,17H2. The average Bonchev–Trinajstić information content (AvgIpc) is 2.42. The van der Waals surface area contributed by atoms with Crippen molar-refractivity contribution in [1.82, 2.24) is 0 Å². The van der Waals surface area contributed by atoms with Crippen molar-refractivity contribution < 1.29 is 8.42 Å². The van der Waals surface area contributed by atoms with E-state index in [-0.39, 0.29) is 15.7 Å². The first kappa shape index (κ1) is 14.4. The summed E-state index contributed by atoms with van der Waals surface area (Å²) in [4.78, 5) is 0.0874. The Morgan fingerprint density at radius 3 is 2.55 bits per heavy atom. The Morgan fingerprint density at radius 2 is 1.90 bits per heavy atom. The molecule has 0 aliphatic carbocycles. The van der Waals surface area contributed by atoms with Crippen molar-refractivity contribution in [3.8, 4) is 6.07 Å². The zero-order chi connectivity index (χ0) is 14.8. The predicted molar refractivity (Wildman–Crippen MR) is 77.9 cm³/mol. The molecule has 0 radical (unpaired) electrons. The molecule has 0 saturated heterocycles. The van der Waals surface area contributed by atoms with E-state index in [0.717, 1.165) is 0 Å². The molecule has 0 aliphatic heterocycles. The molecular formula is C14H11ClN2O2S. The molecule has 2 N–H and O–H groups in total. The summed E-state index contributed by atoms with van der Waals surface area (Å²) in [6, 6.07) is 12.7. The number of nitrogens with zero attached hydrogens (tertiary/aromatic N) is 1. The van der Waals surface area contributed by atoms with Gasteiger partial charge in [0.15, 0.2) is 9.84 Å². The normalized spacial score (nSPS) is 11.0. The molecular weight excluding hydrogens is 296 g/mol. The van der Waals surface area contributed by atoms with Crippen molar-refractivity contribution in [2.75, 3.05) is 5.73 Å². The maximum absolute atomic E-state index is 12.3. The quantitative estimate of drug-likeness (QED) is 0.884. The molecule has 20 heavy (non-hydrogen) atoms. The number of anilines is 1. The highest BCUT2D eigenvalue weighted by molar-refractivity contribution is 7.90. The van der Waals surface area contributed by atoms with E-state index in [1.165, 1.54) is 18.2 Å². The molecule has 0 spiro atoms. The van der Waals surface area contributed by atoms with E-state index in [9.17, 15) is 8.42 Å². The third kappa shape index (κ3) is 2.93. The second kappa shape index (κ2) is 5.53. The minimum absolute atomic E-state index is 0.0874. The van der Waals surface area contributed by atoms with E-state index in [1.54, 1.807) is 24.3 Å². The van der Waals surface area contributed by atoms with Crippen molar-refractivity contribution in [3.63, 3.8) is 0 Å². The summed E-state index contributed by atoms with van der Waals surface area (Å²) in [7, 11) is -3.58. The summed E-state index contributed by atoms with van der Waals surface area (Å²) >= 11 is 5.84. The minimum Gasteiger partial charge on any atom is -0.398 e. The van der Waals surface area contributed by atoms with Crippen molar-refractivity contribution in [2.24, 2.45) is 0 Å². The molecule has 6 heteroatoms. The average molecular weight is 307 g/mol. The molecule has 0 aromatic heterocycles. The van der Waals surface area contributed by atoms with Crippen LogP contribution in [0.25, 0.3) is 0 Å². The molecule has 0 atom stereocenters. The highest BCUT2D eigenvalue weighted by Crippen LogP contribution is 2.25. The van der Waals surface area contributed by atoms with Gasteiger partial charge in [-0.2, -0.15) is 5.26 Å². The van der Waals surface area contributed by atoms with Gasteiger partial charge in [0.1, 0.15) is 0 Å². The van der Waals surface area contributed by atoms with Crippen LogP contribution in [0.1, 0.15) is 11.1 Å². The largest absolute Gasteiger partial charge is 0.398 e. The van der Waals surface area contributed by atoms with Gasteiger partial charge in [-0.05, 0) is 29.8 Å². The maximum Gasteiger partial charge on any atom is 0.182 e. The van der Waals surface area contributed by atoms with Crippen LogP contribution in [-0.4, -0.2) is 8.42 Å². The summed E-state index contributed by atoms with van der Waals surface area (Å²) in [6.45, 7) is 0. The SMILES string of the molecule is N#Cc1ccccc1CS(=O)(=O)c1ccc(N)c(Cl)c1. The van der Waals surface area contributed by atoms with Crippen molar-refractivity contribution in [1.29, 1.82) is 5.26 Å². The second-order valence-corrected chi connectivity index (χ2v) is 6.61. The fraction of sp³-hybridized carbons (Fsp3) is 0.0714. The van der Waals surface area contributed by atoms with Gasteiger partial charge in [-0.1, -0.05) is 29.8 Å². The third-order valence-corrected chi connectivity index (χ3v) is 4.80. The van der Waals surface area contributed by atoms with E-state index < -0.39 is 9.84 Å². The van der Waals surface area contributed by atoms with E-state index >= 15 is 0 Å². The smallest absolute Gasteiger partial charge is 0.182 e. The van der Waals surface area contributed by atoms with Crippen molar-refractivity contribution in [2.45, 2.75) is 10.6 Å². The van der Waals surface area contributed by atoms with Gasteiger partial charge in [-0.3, -0.25) is 0 Å². The number of hydrogen-bond acceptors (Lipinski definition) is 4. The molecule has 0 fully saturated rings. The zero-order valence-electron chi connectivity index (χ0n) is 10.4. The van der Waals surface area contributed by atoms with Crippen LogP contribution in [0.3, 0.4) is 0 Å². The van der Waals surface area contributed by atoms with Crippen LogP contribution in [0.2, 0.25) is 5.02 Å². The van der Waals surface area contributed by atoms with Gasteiger partial charge >= 0.3 is 0 Å². The van der Waals surface area contributed by atoms with Crippen LogP contribution in [0, 0.1) is 11.3 Å². The number of nitrogens with two attached hydrogens (primary N) is 1. The summed E-state index contributed by atoms with van der Waals surface area (Å²) in [5.41, 5.74) is 6.69. The Hall–Kier alpha value is -2.03. The lowest BCUT2D eigenvalue weighted by Gasteiger charge is -2.07. The molecule has 4 nitrogen and oxygen atoms in total. The van der Waals surface area contributed by atoms with Gasteiger partial charge in [0.05, 0.1) is 33.0 Å². The minimum atomic E-state index is -3.58. The monoisotopic (exact) mass is 306 g/mol. The molecule has 0 saturated carbocycles. The molecule has 0 aliphatic rings. The number of nitriles is 1. The maximum atomic E-state index is 12.3. The van der Waals surface area contributed by atoms with Crippen LogP contribution in [0.15, 0.2) is 47.4 Å². The first-order chi connectivity index (χ1) is 9.44. The third-order valence-electron chi connectivity index (χ3n) is 2.81. The van der Waals surface area contributed by atoms with Gasteiger partial charge in [0.25, 0.3) is 0 Å². The lowest BCUT2D eigenvalue weighted by Crippen LogP contribution is -2.06. The van der Waals surface area contributed by atoms with Crippen LogP contribution in [0.5, 0.6) is 0 Å². The van der Waals surface area contributed by atoms with Gasteiger partial charge in [-0.15, -0.1) is 0 Å². The molecule has 2 aromatic carbocycles. The lowest BCUT2D eigenvalue weighted by atomic mass is 10.1. The summed E-state index contributed by atoms with van der Waals surface area (Å²) < 4.78 is 24.6. The van der Waals surface area contributed by atoms with E-state index in [4.69, 9.17) is 22.6 Å². The van der Waals surface area contributed by atoms with E-state index in [0.29, 0.717) is 16.8 Å². The first-order valence-electron chi connectivity index (χ1n) is 5.70. The Kier molecular flexibility index (Phi) is 3.98. The van der Waals surface area contributed by atoms with Crippen LogP contribution in [0.4, 0.5) is 5.69 Å². The van der Waals surface area contributed by atoms with Crippen LogP contribution in [-0.2, 0) is 15.6 Å². The highest BCUT2D eigenvalue weighted by Gasteiger charge is 2.18. The fourth-order valence-electron chi connectivity index (χ4n) is 1.74. The molecule has 2 rings (SSSR count). The van der Waals surface area contributed by atoms with Crippen LogP contribution >= 0.6 is 11.6 Å². The molecule has 0 amide bonds.